The molecule has 0 aromatic carbocycles. The summed E-state index contributed by atoms with van der Waals surface area (Å²) in [6.45, 7) is 2.49. The molecule has 0 aromatic rings. The first kappa shape index (κ1) is 5.79. The van der Waals surface area contributed by atoms with Crippen molar-refractivity contribution in [2.45, 2.75) is 19.1 Å². The van der Waals surface area contributed by atoms with Crippen LogP contribution in [0.4, 0.5) is 0 Å². The Morgan fingerprint density at radius 1 is 1.75 bits per heavy atom. The molecule has 8 heavy (non-hydrogen) atoms. The molecule has 1 N–H and O–H groups in total. The van der Waals surface area contributed by atoms with Gasteiger partial charge in [0.05, 0.1) is 18.8 Å². The molecule has 2 atom stereocenters. The largest absolute Gasteiger partial charge is 0.386 e. The first-order chi connectivity index (χ1) is 3.80. The fourth-order valence-corrected chi connectivity index (χ4v) is 0.657. The Hall–Kier alpha value is -0.340. The van der Waals surface area contributed by atoms with E-state index >= 15 is 0 Å². The van der Waals surface area contributed by atoms with Crippen LogP contribution >= 0.6 is 0 Å². The van der Waals surface area contributed by atoms with Crippen LogP contribution in [-0.4, -0.2) is 23.9 Å². The van der Waals surface area contributed by atoms with Gasteiger partial charge in [0.1, 0.15) is 0 Å². The number of hydrogen-bond donors (Lipinski definition) is 1. The molecule has 0 bridgehead atoms. The highest BCUT2D eigenvalue weighted by Gasteiger charge is 2.13. The van der Waals surface area contributed by atoms with E-state index < -0.39 is 6.10 Å². The average molecular weight is 114 g/mol. The van der Waals surface area contributed by atoms with Crippen LogP contribution in [0.25, 0.3) is 0 Å². The Morgan fingerprint density at radius 2 is 2.50 bits per heavy atom. The van der Waals surface area contributed by atoms with Crippen molar-refractivity contribution in [3.8, 4) is 0 Å². The molecular weight excluding hydrogens is 104 g/mol. The molecule has 0 saturated heterocycles. The lowest BCUT2D eigenvalue weighted by molar-refractivity contribution is -0.00354. The zero-order chi connectivity index (χ0) is 5.98. The van der Waals surface area contributed by atoms with Crippen molar-refractivity contribution in [1.82, 2.24) is 0 Å². The van der Waals surface area contributed by atoms with Gasteiger partial charge >= 0.3 is 0 Å². The van der Waals surface area contributed by atoms with E-state index in [-0.39, 0.29) is 6.10 Å². The maximum absolute atomic E-state index is 8.97. The molecule has 2 heteroatoms. The fourth-order valence-electron chi connectivity index (χ4n) is 0.657. The van der Waals surface area contributed by atoms with Crippen LogP contribution in [0.2, 0.25) is 0 Å². The minimum Gasteiger partial charge on any atom is -0.386 e. The summed E-state index contributed by atoms with van der Waals surface area (Å²) >= 11 is 0. The van der Waals surface area contributed by atoms with Gasteiger partial charge in [-0.15, -0.1) is 0 Å². The second-order valence-corrected chi connectivity index (χ2v) is 1.96. The minimum absolute atomic E-state index is 0.0278. The number of aliphatic hydroxyl groups excluding tert-OH is 1. The van der Waals surface area contributed by atoms with Crippen LogP contribution < -0.4 is 0 Å². The number of hydrogen-bond acceptors (Lipinski definition) is 2. The van der Waals surface area contributed by atoms with Crippen molar-refractivity contribution < 1.29 is 9.84 Å². The Morgan fingerprint density at radius 3 is 2.88 bits per heavy atom. The molecule has 0 fully saturated rings. The molecule has 0 aromatic heterocycles. The van der Waals surface area contributed by atoms with Gasteiger partial charge in [0.2, 0.25) is 0 Å². The van der Waals surface area contributed by atoms with Gasteiger partial charge in [0, 0.05) is 0 Å². The summed E-state index contributed by atoms with van der Waals surface area (Å²) in [7, 11) is 0. The summed E-state index contributed by atoms with van der Waals surface area (Å²) in [5.41, 5.74) is 0. The molecule has 1 aliphatic rings. The van der Waals surface area contributed by atoms with Gasteiger partial charge in [-0.2, -0.15) is 0 Å². The van der Waals surface area contributed by atoms with Gasteiger partial charge in [-0.1, -0.05) is 12.2 Å². The van der Waals surface area contributed by atoms with Crippen LogP contribution in [0.5, 0.6) is 0 Å². The Kier molecular flexibility index (Phi) is 1.65. The van der Waals surface area contributed by atoms with E-state index in [4.69, 9.17) is 9.84 Å². The van der Waals surface area contributed by atoms with E-state index in [1.54, 1.807) is 6.08 Å². The van der Waals surface area contributed by atoms with E-state index in [0.717, 1.165) is 0 Å². The molecule has 0 spiro atoms. The van der Waals surface area contributed by atoms with Crippen LogP contribution in [-0.2, 0) is 4.74 Å². The Bertz CT molecular complexity index is 98.7. The van der Waals surface area contributed by atoms with E-state index in [1.807, 2.05) is 13.0 Å². The van der Waals surface area contributed by atoms with Gasteiger partial charge < -0.3 is 9.84 Å². The molecule has 0 amide bonds. The lowest BCUT2D eigenvalue weighted by Gasteiger charge is -2.19. The molecular formula is C6H10O2. The molecule has 0 saturated carbocycles. The number of rotatable bonds is 0. The summed E-state index contributed by atoms with van der Waals surface area (Å²) in [5.74, 6) is 0. The second-order valence-electron chi connectivity index (χ2n) is 1.96. The first-order valence-electron chi connectivity index (χ1n) is 2.77. The van der Waals surface area contributed by atoms with Gasteiger partial charge in [-0.3, -0.25) is 0 Å². The monoisotopic (exact) mass is 114 g/mol. The van der Waals surface area contributed by atoms with Gasteiger partial charge in [-0.05, 0) is 6.92 Å². The number of aliphatic hydroxyl groups is 1. The first-order valence-corrected chi connectivity index (χ1v) is 2.77. The van der Waals surface area contributed by atoms with Crippen molar-refractivity contribution in [3.05, 3.63) is 12.2 Å². The maximum Gasteiger partial charge on any atom is 0.0980 e. The van der Waals surface area contributed by atoms with Crippen molar-refractivity contribution in [2.24, 2.45) is 0 Å². The zero-order valence-electron chi connectivity index (χ0n) is 4.87. The third-order valence-corrected chi connectivity index (χ3v) is 1.27. The zero-order valence-corrected chi connectivity index (χ0v) is 4.87. The van der Waals surface area contributed by atoms with Crippen LogP contribution in [0, 0.1) is 0 Å². The summed E-state index contributed by atoms with van der Waals surface area (Å²) in [4.78, 5) is 0. The van der Waals surface area contributed by atoms with E-state index in [9.17, 15) is 0 Å². The molecule has 46 valence electrons. The lowest BCUT2D eigenvalue weighted by atomic mass is 10.2. The molecule has 0 aliphatic carbocycles. The number of ether oxygens (including phenoxy) is 1. The molecule has 1 aliphatic heterocycles. The van der Waals surface area contributed by atoms with Gasteiger partial charge in [0.15, 0.2) is 0 Å². The standard InChI is InChI=1S/C6H10O2/c1-5-6(7)3-2-4-8-5/h2-3,5-7H,4H2,1H3/t5-,6-/m1/s1. The maximum atomic E-state index is 8.97. The van der Waals surface area contributed by atoms with E-state index in [0.29, 0.717) is 6.61 Å². The predicted octanol–water partition coefficient (Wildman–Crippen LogP) is 0.322. The summed E-state index contributed by atoms with van der Waals surface area (Å²) in [6, 6.07) is 0. The van der Waals surface area contributed by atoms with Gasteiger partial charge in [0.25, 0.3) is 0 Å². The smallest absolute Gasteiger partial charge is 0.0980 e. The topological polar surface area (TPSA) is 29.5 Å². The quantitative estimate of drug-likeness (QED) is 0.460. The molecule has 1 heterocycles. The molecule has 2 nitrogen and oxygen atoms in total. The minimum atomic E-state index is -0.399. The van der Waals surface area contributed by atoms with Crippen LogP contribution in [0.3, 0.4) is 0 Å². The average Bonchev–Trinajstić information content (AvgIpc) is 1.77. The summed E-state index contributed by atoms with van der Waals surface area (Å²) in [6.07, 6.45) is 3.16. The predicted molar refractivity (Wildman–Crippen MR) is 30.6 cm³/mol. The molecule has 1 rings (SSSR count). The van der Waals surface area contributed by atoms with Crippen molar-refractivity contribution in [3.63, 3.8) is 0 Å². The SMILES string of the molecule is C[C@H]1OCC=C[C@H]1O. The highest BCUT2D eigenvalue weighted by atomic mass is 16.5. The fraction of sp³-hybridized carbons (Fsp3) is 0.667. The summed E-state index contributed by atoms with van der Waals surface area (Å²) in [5, 5.41) is 8.97. The van der Waals surface area contributed by atoms with Crippen molar-refractivity contribution in [2.75, 3.05) is 6.61 Å². The highest BCUT2D eigenvalue weighted by Crippen LogP contribution is 2.04. The third kappa shape index (κ3) is 1.08. The van der Waals surface area contributed by atoms with Gasteiger partial charge in [-0.25, -0.2) is 0 Å². The normalized spacial score (nSPS) is 37.8. The van der Waals surface area contributed by atoms with Crippen LogP contribution in [0.1, 0.15) is 6.92 Å². The highest BCUT2D eigenvalue weighted by molar-refractivity contribution is 4.95. The molecule has 0 radical (unpaired) electrons. The van der Waals surface area contributed by atoms with E-state index in [1.165, 1.54) is 0 Å². The lowest BCUT2D eigenvalue weighted by Crippen LogP contribution is -2.27. The molecule has 0 unspecified atom stereocenters. The Labute approximate surface area is 48.8 Å². The van der Waals surface area contributed by atoms with E-state index in [2.05, 4.69) is 0 Å². The Balaban J connectivity index is 2.47. The second kappa shape index (κ2) is 2.29. The van der Waals surface area contributed by atoms with Crippen LogP contribution in [0.15, 0.2) is 12.2 Å². The van der Waals surface area contributed by atoms with Crippen molar-refractivity contribution >= 4 is 0 Å². The third-order valence-electron chi connectivity index (χ3n) is 1.27. The summed E-state index contributed by atoms with van der Waals surface area (Å²) < 4.78 is 5.05. The van der Waals surface area contributed by atoms with Crippen molar-refractivity contribution in [1.29, 1.82) is 0 Å².